The molecule has 2 aromatic carbocycles. The summed E-state index contributed by atoms with van der Waals surface area (Å²) in [6, 6.07) is 7.90. The van der Waals surface area contributed by atoms with Crippen LogP contribution in [0.3, 0.4) is 0 Å². The van der Waals surface area contributed by atoms with E-state index in [0.717, 1.165) is 0 Å². The molecule has 0 bridgehead atoms. The molecule has 0 spiro atoms. The minimum absolute atomic E-state index is 0.0325. The number of sulfonamides is 1. The SMILES string of the molecule is CC(NS(=O)(=O)c1ccc2c(c1)C(=O)NC2=O)c1ccc(Cl)cc1Cl. The predicted octanol–water partition coefficient (Wildman–Crippen LogP) is 2.92. The van der Waals surface area contributed by atoms with E-state index in [4.69, 9.17) is 23.2 Å². The number of rotatable bonds is 4. The molecule has 1 unspecified atom stereocenters. The van der Waals surface area contributed by atoms with Gasteiger partial charge < -0.3 is 0 Å². The third-order valence-electron chi connectivity index (χ3n) is 3.78. The number of hydrogen-bond acceptors (Lipinski definition) is 4. The summed E-state index contributed by atoms with van der Waals surface area (Å²) in [7, 11) is -3.93. The fraction of sp³-hybridized carbons (Fsp3) is 0.125. The van der Waals surface area contributed by atoms with Gasteiger partial charge in [-0.25, -0.2) is 13.1 Å². The van der Waals surface area contributed by atoms with Gasteiger partial charge in [0.15, 0.2) is 0 Å². The molecule has 1 atom stereocenters. The predicted molar refractivity (Wildman–Crippen MR) is 93.4 cm³/mol. The van der Waals surface area contributed by atoms with Crippen molar-refractivity contribution in [2.45, 2.75) is 17.9 Å². The summed E-state index contributed by atoms with van der Waals surface area (Å²) in [6.07, 6.45) is 0. The fourth-order valence-electron chi connectivity index (χ4n) is 2.53. The highest BCUT2D eigenvalue weighted by Gasteiger charge is 2.29. The average molecular weight is 399 g/mol. The van der Waals surface area contributed by atoms with Crippen LogP contribution < -0.4 is 10.0 Å². The number of halogens is 2. The molecule has 0 aliphatic carbocycles. The van der Waals surface area contributed by atoms with Gasteiger partial charge in [-0.3, -0.25) is 14.9 Å². The van der Waals surface area contributed by atoms with Crippen molar-refractivity contribution in [2.24, 2.45) is 0 Å². The van der Waals surface area contributed by atoms with Crippen LogP contribution in [0.4, 0.5) is 0 Å². The Balaban J connectivity index is 1.91. The molecule has 0 saturated heterocycles. The molecule has 0 fully saturated rings. The maximum Gasteiger partial charge on any atom is 0.258 e. The highest BCUT2D eigenvalue weighted by Crippen LogP contribution is 2.28. The lowest BCUT2D eigenvalue weighted by Gasteiger charge is -2.16. The molecule has 0 aromatic heterocycles. The number of fused-ring (bicyclic) bond motifs is 1. The number of carbonyl (C=O) groups excluding carboxylic acids is 2. The molecule has 1 aliphatic heterocycles. The van der Waals surface area contributed by atoms with E-state index in [0.29, 0.717) is 15.6 Å². The molecular formula is C16H12Cl2N2O4S. The minimum atomic E-state index is -3.93. The molecule has 0 saturated carbocycles. The lowest BCUT2D eigenvalue weighted by Crippen LogP contribution is -2.27. The normalized spacial score (nSPS) is 15.0. The molecule has 2 amide bonds. The molecule has 2 aromatic rings. The maximum absolute atomic E-state index is 12.6. The zero-order valence-electron chi connectivity index (χ0n) is 12.8. The van der Waals surface area contributed by atoms with E-state index in [1.807, 2.05) is 0 Å². The average Bonchev–Trinajstić information content (AvgIpc) is 2.81. The fourth-order valence-corrected chi connectivity index (χ4v) is 4.35. The van der Waals surface area contributed by atoms with Crippen LogP contribution in [-0.2, 0) is 10.0 Å². The summed E-state index contributed by atoms with van der Waals surface area (Å²) in [5.41, 5.74) is 0.742. The Morgan fingerprint density at radius 3 is 2.36 bits per heavy atom. The van der Waals surface area contributed by atoms with Crippen molar-refractivity contribution in [1.82, 2.24) is 10.0 Å². The van der Waals surface area contributed by atoms with Crippen molar-refractivity contribution in [3.63, 3.8) is 0 Å². The van der Waals surface area contributed by atoms with Gasteiger partial charge in [-0.2, -0.15) is 0 Å². The van der Waals surface area contributed by atoms with Crippen LogP contribution in [0.1, 0.15) is 39.2 Å². The molecule has 0 radical (unpaired) electrons. The van der Waals surface area contributed by atoms with Gasteiger partial charge in [0.2, 0.25) is 10.0 Å². The Morgan fingerprint density at radius 1 is 1.00 bits per heavy atom. The lowest BCUT2D eigenvalue weighted by atomic mass is 10.1. The van der Waals surface area contributed by atoms with Gasteiger partial charge in [-0.15, -0.1) is 0 Å². The third kappa shape index (κ3) is 3.41. The van der Waals surface area contributed by atoms with Gasteiger partial charge >= 0.3 is 0 Å². The molecule has 6 nitrogen and oxygen atoms in total. The van der Waals surface area contributed by atoms with Crippen molar-refractivity contribution in [1.29, 1.82) is 0 Å². The van der Waals surface area contributed by atoms with E-state index >= 15 is 0 Å². The summed E-state index contributed by atoms with van der Waals surface area (Å²) in [6.45, 7) is 1.64. The summed E-state index contributed by atoms with van der Waals surface area (Å²) in [5.74, 6) is -1.16. The largest absolute Gasteiger partial charge is 0.288 e. The second-order valence-electron chi connectivity index (χ2n) is 5.50. The number of imide groups is 1. The van der Waals surface area contributed by atoms with E-state index in [-0.39, 0.29) is 16.0 Å². The van der Waals surface area contributed by atoms with Crippen LogP contribution >= 0.6 is 23.2 Å². The van der Waals surface area contributed by atoms with Crippen LogP contribution in [0.25, 0.3) is 0 Å². The van der Waals surface area contributed by atoms with E-state index in [2.05, 4.69) is 10.0 Å². The summed E-state index contributed by atoms with van der Waals surface area (Å²) >= 11 is 11.9. The first-order valence-electron chi connectivity index (χ1n) is 7.16. The van der Waals surface area contributed by atoms with Crippen LogP contribution in [0.5, 0.6) is 0 Å². The molecule has 1 heterocycles. The Hall–Kier alpha value is -1.93. The molecule has 3 rings (SSSR count). The summed E-state index contributed by atoms with van der Waals surface area (Å²) in [5, 5.41) is 2.89. The van der Waals surface area contributed by atoms with Crippen molar-refractivity contribution < 1.29 is 18.0 Å². The molecule has 2 N–H and O–H groups in total. The zero-order chi connectivity index (χ0) is 18.4. The Bertz CT molecular complexity index is 1010. The first-order chi connectivity index (χ1) is 11.7. The zero-order valence-corrected chi connectivity index (χ0v) is 15.2. The number of benzene rings is 2. The monoisotopic (exact) mass is 398 g/mol. The van der Waals surface area contributed by atoms with Gasteiger partial charge in [-0.05, 0) is 42.8 Å². The maximum atomic E-state index is 12.6. The van der Waals surface area contributed by atoms with Crippen LogP contribution in [0.15, 0.2) is 41.3 Å². The van der Waals surface area contributed by atoms with E-state index in [9.17, 15) is 18.0 Å². The van der Waals surface area contributed by atoms with Gasteiger partial charge in [-0.1, -0.05) is 29.3 Å². The van der Waals surface area contributed by atoms with Crippen molar-refractivity contribution in [2.75, 3.05) is 0 Å². The van der Waals surface area contributed by atoms with Gasteiger partial charge in [0.25, 0.3) is 11.8 Å². The quantitative estimate of drug-likeness (QED) is 0.774. The van der Waals surface area contributed by atoms with E-state index in [1.165, 1.54) is 24.3 Å². The Labute approximate surface area is 154 Å². The second-order valence-corrected chi connectivity index (χ2v) is 8.06. The molecule has 9 heteroatoms. The molecule has 25 heavy (non-hydrogen) atoms. The lowest BCUT2D eigenvalue weighted by molar-refractivity contribution is 0.0879. The van der Waals surface area contributed by atoms with E-state index < -0.39 is 27.9 Å². The first kappa shape index (κ1) is 17.9. The van der Waals surface area contributed by atoms with Crippen molar-refractivity contribution in [3.8, 4) is 0 Å². The number of amides is 2. The van der Waals surface area contributed by atoms with Crippen LogP contribution in [0.2, 0.25) is 10.0 Å². The Kier molecular flexibility index (Phi) is 4.59. The van der Waals surface area contributed by atoms with Gasteiger partial charge in [0.1, 0.15) is 0 Å². The van der Waals surface area contributed by atoms with Crippen molar-refractivity contribution >= 4 is 45.0 Å². The van der Waals surface area contributed by atoms with Gasteiger partial charge in [0.05, 0.1) is 16.0 Å². The summed E-state index contributed by atoms with van der Waals surface area (Å²) < 4.78 is 27.7. The van der Waals surface area contributed by atoms with Gasteiger partial charge in [0, 0.05) is 16.1 Å². The third-order valence-corrected chi connectivity index (χ3v) is 5.88. The van der Waals surface area contributed by atoms with Crippen LogP contribution in [-0.4, -0.2) is 20.2 Å². The highest BCUT2D eigenvalue weighted by atomic mass is 35.5. The first-order valence-corrected chi connectivity index (χ1v) is 9.40. The minimum Gasteiger partial charge on any atom is -0.288 e. The highest BCUT2D eigenvalue weighted by molar-refractivity contribution is 7.89. The smallest absolute Gasteiger partial charge is 0.258 e. The molecule has 1 aliphatic rings. The number of nitrogens with one attached hydrogen (secondary N) is 2. The summed E-state index contributed by atoms with van der Waals surface area (Å²) in [4.78, 5) is 23.1. The second kappa shape index (κ2) is 6.42. The van der Waals surface area contributed by atoms with Crippen molar-refractivity contribution in [3.05, 3.63) is 63.1 Å². The molecular weight excluding hydrogens is 387 g/mol. The topological polar surface area (TPSA) is 92.3 Å². The van der Waals surface area contributed by atoms with Crippen LogP contribution in [0, 0.1) is 0 Å². The number of hydrogen-bond donors (Lipinski definition) is 2. The van der Waals surface area contributed by atoms with E-state index in [1.54, 1.807) is 19.1 Å². The Morgan fingerprint density at radius 2 is 1.68 bits per heavy atom. The number of carbonyl (C=O) groups is 2. The standard InChI is InChI=1S/C16H12Cl2N2O4S/c1-8(11-4-2-9(17)6-14(11)18)20-25(23,24)10-3-5-12-13(7-10)16(22)19-15(12)21/h2-8,20H,1H3,(H,19,21,22). The molecule has 130 valence electrons.